The van der Waals surface area contributed by atoms with Gasteiger partial charge in [0.1, 0.15) is 5.75 Å². The molecular formula is C13H19N3O2. The quantitative estimate of drug-likeness (QED) is 0.824. The molecule has 98 valence electrons. The highest BCUT2D eigenvalue weighted by Gasteiger charge is 2.09. The van der Waals surface area contributed by atoms with Gasteiger partial charge in [-0.15, -0.1) is 0 Å². The summed E-state index contributed by atoms with van der Waals surface area (Å²) in [6, 6.07) is 9.08. The van der Waals surface area contributed by atoms with E-state index in [1.807, 2.05) is 18.2 Å². The molecular weight excluding hydrogens is 230 g/mol. The van der Waals surface area contributed by atoms with Gasteiger partial charge in [0.15, 0.2) is 0 Å². The molecule has 0 aromatic heterocycles. The molecule has 5 nitrogen and oxygen atoms in total. The van der Waals surface area contributed by atoms with Crippen LogP contribution in [0.5, 0.6) is 5.75 Å². The molecule has 1 aromatic rings. The van der Waals surface area contributed by atoms with Crippen LogP contribution in [0, 0.1) is 0 Å². The Labute approximate surface area is 107 Å². The smallest absolute Gasteiger partial charge is 0.410 e. The first-order valence-electron chi connectivity index (χ1n) is 6.28. The summed E-state index contributed by atoms with van der Waals surface area (Å²) < 4.78 is 5.12. The molecule has 18 heavy (non-hydrogen) atoms. The first-order chi connectivity index (χ1) is 8.84. The van der Waals surface area contributed by atoms with Crippen LogP contribution in [0.25, 0.3) is 0 Å². The SMILES string of the molecule is O=C(NCCN1CCNCC1)Oc1ccccc1. The van der Waals surface area contributed by atoms with Crippen LogP contribution >= 0.6 is 0 Å². The monoisotopic (exact) mass is 249 g/mol. The molecule has 1 amide bonds. The van der Waals surface area contributed by atoms with E-state index in [9.17, 15) is 4.79 Å². The van der Waals surface area contributed by atoms with Gasteiger partial charge in [-0.2, -0.15) is 0 Å². The number of carbonyl (C=O) groups is 1. The van der Waals surface area contributed by atoms with E-state index in [0.29, 0.717) is 12.3 Å². The van der Waals surface area contributed by atoms with Crippen molar-refractivity contribution in [2.75, 3.05) is 39.3 Å². The molecule has 1 aliphatic heterocycles. The fourth-order valence-corrected chi connectivity index (χ4v) is 1.88. The van der Waals surface area contributed by atoms with E-state index < -0.39 is 6.09 Å². The summed E-state index contributed by atoms with van der Waals surface area (Å²) in [4.78, 5) is 13.8. The van der Waals surface area contributed by atoms with Crippen LogP contribution in [0.2, 0.25) is 0 Å². The molecule has 0 spiro atoms. The van der Waals surface area contributed by atoms with Crippen molar-refractivity contribution in [2.45, 2.75) is 0 Å². The van der Waals surface area contributed by atoms with Crippen LogP contribution in [-0.4, -0.2) is 50.3 Å². The van der Waals surface area contributed by atoms with Gasteiger partial charge in [0.2, 0.25) is 0 Å². The van der Waals surface area contributed by atoms with E-state index in [2.05, 4.69) is 15.5 Å². The molecule has 0 atom stereocenters. The Morgan fingerprint density at radius 3 is 2.72 bits per heavy atom. The number of ether oxygens (including phenoxy) is 1. The number of para-hydroxylation sites is 1. The normalized spacial score (nSPS) is 16.2. The molecule has 1 fully saturated rings. The van der Waals surface area contributed by atoms with E-state index >= 15 is 0 Å². The predicted molar refractivity (Wildman–Crippen MR) is 69.8 cm³/mol. The fraction of sp³-hybridized carbons (Fsp3) is 0.462. The highest BCUT2D eigenvalue weighted by molar-refractivity contribution is 5.70. The van der Waals surface area contributed by atoms with Crippen molar-refractivity contribution in [2.24, 2.45) is 0 Å². The zero-order valence-electron chi connectivity index (χ0n) is 10.4. The van der Waals surface area contributed by atoms with Crippen LogP contribution in [0.3, 0.4) is 0 Å². The lowest BCUT2D eigenvalue weighted by atomic mass is 10.3. The second-order valence-electron chi connectivity index (χ2n) is 4.22. The number of hydrogen-bond acceptors (Lipinski definition) is 4. The van der Waals surface area contributed by atoms with E-state index in [4.69, 9.17) is 4.74 Å². The average molecular weight is 249 g/mol. The molecule has 5 heteroatoms. The van der Waals surface area contributed by atoms with E-state index in [1.54, 1.807) is 12.1 Å². The van der Waals surface area contributed by atoms with E-state index in [-0.39, 0.29) is 0 Å². The summed E-state index contributed by atoms with van der Waals surface area (Å²) in [7, 11) is 0. The Morgan fingerprint density at radius 2 is 2.00 bits per heavy atom. The number of carbonyl (C=O) groups excluding carboxylic acids is 1. The summed E-state index contributed by atoms with van der Waals surface area (Å²) in [6.07, 6.45) is -0.392. The Kier molecular flexibility index (Phi) is 4.99. The second-order valence-corrected chi connectivity index (χ2v) is 4.22. The topological polar surface area (TPSA) is 53.6 Å². The van der Waals surface area contributed by atoms with Gasteiger partial charge in [0.25, 0.3) is 0 Å². The lowest BCUT2D eigenvalue weighted by Gasteiger charge is -2.26. The largest absolute Gasteiger partial charge is 0.412 e. The predicted octanol–water partition coefficient (Wildman–Crippen LogP) is 0.680. The van der Waals surface area contributed by atoms with Gasteiger partial charge in [-0.1, -0.05) is 18.2 Å². The van der Waals surface area contributed by atoms with Crippen LogP contribution in [0.15, 0.2) is 30.3 Å². The first kappa shape index (κ1) is 12.9. The molecule has 1 aliphatic rings. The minimum atomic E-state index is -0.392. The molecule has 0 saturated carbocycles. The Balaban J connectivity index is 1.62. The summed E-state index contributed by atoms with van der Waals surface area (Å²) in [5.74, 6) is 0.567. The third-order valence-electron chi connectivity index (χ3n) is 2.86. The lowest BCUT2D eigenvalue weighted by Crippen LogP contribution is -2.46. The number of nitrogens with zero attached hydrogens (tertiary/aromatic N) is 1. The maximum atomic E-state index is 11.5. The van der Waals surface area contributed by atoms with Crippen LogP contribution in [0.1, 0.15) is 0 Å². The van der Waals surface area contributed by atoms with Crippen LogP contribution in [0.4, 0.5) is 4.79 Å². The molecule has 2 N–H and O–H groups in total. The van der Waals surface area contributed by atoms with Crippen LogP contribution in [-0.2, 0) is 0 Å². The minimum Gasteiger partial charge on any atom is -0.410 e. The fourth-order valence-electron chi connectivity index (χ4n) is 1.88. The standard InChI is InChI=1S/C13H19N3O2/c17-13(18-12-4-2-1-3-5-12)15-8-11-16-9-6-14-7-10-16/h1-5,14H,6-11H2,(H,15,17). The van der Waals surface area contributed by atoms with Crippen molar-refractivity contribution in [1.82, 2.24) is 15.5 Å². The Bertz CT molecular complexity index is 364. The number of piperazine rings is 1. The summed E-state index contributed by atoms with van der Waals surface area (Å²) in [5, 5.41) is 6.05. The van der Waals surface area contributed by atoms with Crippen LogP contribution < -0.4 is 15.4 Å². The molecule has 0 bridgehead atoms. The molecule has 0 radical (unpaired) electrons. The Hall–Kier alpha value is -1.59. The van der Waals surface area contributed by atoms with Gasteiger partial charge in [0.05, 0.1) is 0 Å². The number of nitrogens with one attached hydrogen (secondary N) is 2. The molecule has 0 aliphatic carbocycles. The van der Waals surface area contributed by atoms with Gasteiger partial charge in [-0.25, -0.2) is 4.79 Å². The zero-order chi connectivity index (χ0) is 12.6. The summed E-state index contributed by atoms with van der Waals surface area (Å²) in [6.45, 7) is 5.60. The minimum absolute atomic E-state index is 0.392. The highest BCUT2D eigenvalue weighted by atomic mass is 16.6. The van der Waals surface area contributed by atoms with E-state index in [1.165, 1.54) is 0 Å². The van der Waals surface area contributed by atoms with Crippen molar-refractivity contribution >= 4 is 6.09 Å². The van der Waals surface area contributed by atoms with Gasteiger partial charge in [-0.05, 0) is 12.1 Å². The molecule has 2 rings (SSSR count). The molecule has 1 heterocycles. The zero-order valence-corrected chi connectivity index (χ0v) is 10.4. The summed E-state index contributed by atoms with van der Waals surface area (Å²) >= 11 is 0. The van der Waals surface area contributed by atoms with Crippen molar-refractivity contribution in [3.05, 3.63) is 30.3 Å². The second kappa shape index (κ2) is 6.98. The van der Waals surface area contributed by atoms with Gasteiger partial charge in [0, 0.05) is 39.3 Å². The van der Waals surface area contributed by atoms with Crippen molar-refractivity contribution < 1.29 is 9.53 Å². The maximum Gasteiger partial charge on any atom is 0.412 e. The third kappa shape index (κ3) is 4.35. The molecule has 1 saturated heterocycles. The number of amides is 1. The van der Waals surface area contributed by atoms with Gasteiger partial charge in [-0.3, -0.25) is 4.90 Å². The average Bonchev–Trinajstić information content (AvgIpc) is 2.41. The number of hydrogen-bond donors (Lipinski definition) is 2. The number of rotatable bonds is 4. The van der Waals surface area contributed by atoms with E-state index in [0.717, 1.165) is 32.7 Å². The molecule has 1 aromatic carbocycles. The van der Waals surface area contributed by atoms with Crippen molar-refractivity contribution in [1.29, 1.82) is 0 Å². The van der Waals surface area contributed by atoms with Crippen molar-refractivity contribution in [3.63, 3.8) is 0 Å². The van der Waals surface area contributed by atoms with Crippen molar-refractivity contribution in [3.8, 4) is 5.75 Å². The Morgan fingerprint density at radius 1 is 1.28 bits per heavy atom. The highest BCUT2D eigenvalue weighted by Crippen LogP contribution is 2.07. The third-order valence-corrected chi connectivity index (χ3v) is 2.86. The summed E-state index contributed by atoms with van der Waals surface area (Å²) in [5.41, 5.74) is 0. The maximum absolute atomic E-state index is 11.5. The molecule has 0 unspecified atom stereocenters. The van der Waals surface area contributed by atoms with Gasteiger partial charge >= 0.3 is 6.09 Å². The lowest BCUT2D eigenvalue weighted by molar-refractivity contribution is 0.194. The van der Waals surface area contributed by atoms with Gasteiger partial charge < -0.3 is 15.4 Å². The first-order valence-corrected chi connectivity index (χ1v) is 6.28. The number of benzene rings is 1.